The van der Waals surface area contributed by atoms with E-state index in [4.69, 9.17) is 0 Å². The van der Waals surface area contributed by atoms with Crippen LogP contribution < -0.4 is 0 Å². The molecule has 112 valence electrons. The molecule has 2 fully saturated rings. The third kappa shape index (κ3) is 4.75. The predicted molar refractivity (Wildman–Crippen MR) is 83.5 cm³/mol. The van der Waals surface area contributed by atoms with Crippen molar-refractivity contribution in [2.24, 2.45) is 11.8 Å². The van der Waals surface area contributed by atoms with E-state index in [1.165, 1.54) is 71.2 Å². The zero-order chi connectivity index (χ0) is 13.7. The van der Waals surface area contributed by atoms with Gasteiger partial charge in [0.05, 0.1) is 0 Å². The lowest BCUT2D eigenvalue weighted by Gasteiger charge is -2.36. The highest BCUT2D eigenvalue weighted by Crippen LogP contribution is 2.24. The van der Waals surface area contributed by atoms with Crippen molar-refractivity contribution in [2.45, 2.75) is 65.3 Å². The number of hydrogen-bond acceptors (Lipinski definition) is 2. The zero-order valence-electron chi connectivity index (χ0n) is 13.4. The lowest BCUT2D eigenvalue weighted by atomic mass is 9.91. The van der Waals surface area contributed by atoms with E-state index in [1.807, 2.05) is 0 Å². The van der Waals surface area contributed by atoms with Gasteiger partial charge < -0.3 is 9.80 Å². The van der Waals surface area contributed by atoms with E-state index in [-0.39, 0.29) is 0 Å². The quantitative estimate of drug-likeness (QED) is 0.750. The van der Waals surface area contributed by atoms with Gasteiger partial charge >= 0.3 is 0 Å². The summed E-state index contributed by atoms with van der Waals surface area (Å²) in [7, 11) is 0. The second-order valence-electron chi connectivity index (χ2n) is 7.06. The molecule has 2 heteroatoms. The lowest BCUT2D eigenvalue weighted by molar-refractivity contribution is 0.126. The average Bonchev–Trinajstić information content (AvgIpc) is 2.46. The Morgan fingerprint density at radius 2 is 1.47 bits per heavy atom. The molecule has 2 aliphatic rings. The fraction of sp³-hybridized carbons (Fsp3) is 1.00. The monoisotopic (exact) mass is 266 g/mol. The summed E-state index contributed by atoms with van der Waals surface area (Å²) in [6, 6.07) is 0.744. The van der Waals surface area contributed by atoms with Crippen molar-refractivity contribution < 1.29 is 0 Å². The van der Waals surface area contributed by atoms with Crippen molar-refractivity contribution in [3.05, 3.63) is 0 Å². The molecular formula is C17H34N2. The molecule has 0 saturated carbocycles. The first kappa shape index (κ1) is 15.3. The summed E-state index contributed by atoms with van der Waals surface area (Å²) in [5.41, 5.74) is 0. The van der Waals surface area contributed by atoms with Crippen LogP contribution in [0.2, 0.25) is 0 Å². The van der Waals surface area contributed by atoms with Crippen molar-refractivity contribution in [1.82, 2.24) is 9.80 Å². The Balaban J connectivity index is 1.59. The molecule has 2 rings (SSSR count). The third-order valence-corrected chi connectivity index (χ3v) is 5.52. The van der Waals surface area contributed by atoms with Crippen LogP contribution in [0.5, 0.6) is 0 Å². The number of rotatable bonds is 5. The van der Waals surface area contributed by atoms with E-state index in [0.29, 0.717) is 0 Å². The molecule has 0 radical (unpaired) electrons. The summed E-state index contributed by atoms with van der Waals surface area (Å²) in [5.74, 6) is 2.02. The number of likely N-dealkylation sites (tertiary alicyclic amines) is 2. The van der Waals surface area contributed by atoms with Crippen molar-refractivity contribution in [2.75, 3.05) is 32.7 Å². The van der Waals surface area contributed by atoms with Crippen LogP contribution in [-0.4, -0.2) is 48.6 Å². The van der Waals surface area contributed by atoms with Crippen LogP contribution in [0.1, 0.15) is 59.3 Å². The Labute approximate surface area is 120 Å². The molecule has 0 spiro atoms. The van der Waals surface area contributed by atoms with E-state index in [1.54, 1.807) is 0 Å². The molecule has 0 aromatic rings. The molecule has 0 aliphatic carbocycles. The van der Waals surface area contributed by atoms with E-state index in [2.05, 4.69) is 30.6 Å². The van der Waals surface area contributed by atoms with Gasteiger partial charge in [0.1, 0.15) is 0 Å². The van der Waals surface area contributed by atoms with E-state index < -0.39 is 0 Å². The van der Waals surface area contributed by atoms with Gasteiger partial charge in [-0.25, -0.2) is 0 Å². The Morgan fingerprint density at radius 1 is 0.895 bits per heavy atom. The Hall–Kier alpha value is -0.0800. The minimum atomic E-state index is 0.744. The summed E-state index contributed by atoms with van der Waals surface area (Å²) >= 11 is 0. The molecule has 2 saturated heterocycles. The van der Waals surface area contributed by atoms with Gasteiger partial charge in [0.25, 0.3) is 0 Å². The van der Waals surface area contributed by atoms with E-state index in [0.717, 1.165) is 17.9 Å². The molecule has 2 aliphatic heterocycles. The molecule has 0 atom stereocenters. The maximum atomic E-state index is 2.72. The number of nitrogens with zero attached hydrogens (tertiary/aromatic N) is 2. The third-order valence-electron chi connectivity index (χ3n) is 5.52. The summed E-state index contributed by atoms with van der Waals surface area (Å²) < 4.78 is 0. The molecule has 19 heavy (non-hydrogen) atoms. The number of piperidine rings is 2. The first-order valence-electron chi connectivity index (χ1n) is 8.65. The van der Waals surface area contributed by atoms with Gasteiger partial charge in [-0.05, 0) is 90.5 Å². The van der Waals surface area contributed by atoms with Crippen LogP contribution in [0.3, 0.4) is 0 Å². The Bertz CT molecular complexity index is 236. The minimum absolute atomic E-state index is 0.744. The Kier molecular flexibility index (Phi) is 6.15. The molecule has 0 amide bonds. The van der Waals surface area contributed by atoms with Gasteiger partial charge in [-0.15, -0.1) is 0 Å². The van der Waals surface area contributed by atoms with Crippen LogP contribution in [-0.2, 0) is 0 Å². The molecule has 2 nitrogen and oxygen atoms in total. The predicted octanol–water partition coefficient (Wildman–Crippen LogP) is 3.62. The fourth-order valence-electron chi connectivity index (χ4n) is 3.74. The second-order valence-corrected chi connectivity index (χ2v) is 7.06. The highest BCUT2D eigenvalue weighted by molar-refractivity contribution is 4.77. The van der Waals surface area contributed by atoms with Crippen molar-refractivity contribution in [1.29, 1.82) is 0 Å². The van der Waals surface area contributed by atoms with Crippen LogP contribution >= 0.6 is 0 Å². The lowest BCUT2D eigenvalue weighted by Crippen LogP contribution is -2.40. The zero-order valence-corrected chi connectivity index (χ0v) is 13.4. The first-order chi connectivity index (χ1) is 9.19. The molecular weight excluding hydrogens is 232 g/mol. The largest absolute Gasteiger partial charge is 0.303 e. The summed E-state index contributed by atoms with van der Waals surface area (Å²) in [4.78, 5) is 5.37. The van der Waals surface area contributed by atoms with Gasteiger partial charge in [0, 0.05) is 6.04 Å². The van der Waals surface area contributed by atoms with Gasteiger partial charge in [0.2, 0.25) is 0 Å². The van der Waals surface area contributed by atoms with Crippen LogP contribution in [0, 0.1) is 11.8 Å². The summed E-state index contributed by atoms with van der Waals surface area (Å²) in [6.07, 6.45) is 8.60. The Morgan fingerprint density at radius 3 is 2.00 bits per heavy atom. The molecule has 0 aromatic carbocycles. The molecule has 0 N–H and O–H groups in total. The molecule has 0 unspecified atom stereocenters. The van der Waals surface area contributed by atoms with Crippen molar-refractivity contribution in [3.63, 3.8) is 0 Å². The van der Waals surface area contributed by atoms with E-state index >= 15 is 0 Å². The summed E-state index contributed by atoms with van der Waals surface area (Å²) in [6.45, 7) is 13.8. The molecule has 0 bridgehead atoms. The highest BCUT2D eigenvalue weighted by atomic mass is 15.2. The SMILES string of the molecule is CCC1CCN(CCC2CCN(C(C)C)CC2)CC1. The smallest absolute Gasteiger partial charge is 0.00385 e. The molecule has 2 heterocycles. The van der Waals surface area contributed by atoms with Crippen molar-refractivity contribution in [3.8, 4) is 0 Å². The van der Waals surface area contributed by atoms with Gasteiger partial charge in [-0.3, -0.25) is 0 Å². The second kappa shape index (κ2) is 7.64. The van der Waals surface area contributed by atoms with Gasteiger partial charge in [0.15, 0.2) is 0 Å². The van der Waals surface area contributed by atoms with Crippen molar-refractivity contribution >= 4 is 0 Å². The maximum Gasteiger partial charge on any atom is 0.00385 e. The minimum Gasteiger partial charge on any atom is -0.303 e. The normalized spacial score (nSPS) is 25.3. The number of hydrogen-bond donors (Lipinski definition) is 0. The average molecular weight is 266 g/mol. The standard InChI is InChI=1S/C17H34N2/c1-4-16-5-10-18(11-6-16)12-7-17-8-13-19(14-9-17)15(2)3/h15-17H,4-14H2,1-3H3. The highest BCUT2D eigenvalue weighted by Gasteiger charge is 2.22. The van der Waals surface area contributed by atoms with Gasteiger partial charge in [-0.1, -0.05) is 13.3 Å². The van der Waals surface area contributed by atoms with Crippen LogP contribution in [0.15, 0.2) is 0 Å². The first-order valence-corrected chi connectivity index (χ1v) is 8.65. The summed E-state index contributed by atoms with van der Waals surface area (Å²) in [5, 5.41) is 0. The van der Waals surface area contributed by atoms with Gasteiger partial charge in [-0.2, -0.15) is 0 Å². The maximum absolute atomic E-state index is 2.72. The van der Waals surface area contributed by atoms with Crippen LogP contribution in [0.25, 0.3) is 0 Å². The van der Waals surface area contributed by atoms with Crippen LogP contribution in [0.4, 0.5) is 0 Å². The molecule has 0 aromatic heterocycles. The fourth-order valence-corrected chi connectivity index (χ4v) is 3.74. The van der Waals surface area contributed by atoms with E-state index in [9.17, 15) is 0 Å². The topological polar surface area (TPSA) is 6.48 Å².